The molecule has 0 fully saturated rings. The van der Waals surface area contributed by atoms with E-state index in [0.29, 0.717) is 17.2 Å². The van der Waals surface area contributed by atoms with Crippen LogP contribution in [-0.4, -0.2) is 19.7 Å². The average molecular weight is 204 g/mol. The highest BCUT2D eigenvalue weighted by Gasteiger charge is 2.16. The summed E-state index contributed by atoms with van der Waals surface area (Å²) in [6.07, 6.45) is 0. The molecular weight excluding hydrogens is 196 g/mol. The molecule has 1 aromatic carbocycles. The van der Waals surface area contributed by atoms with Gasteiger partial charge in [-0.3, -0.25) is 4.79 Å². The second-order valence-corrected chi connectivity index (χ2v) is 3.01. The first kappa shape index (κ1) is 9.34. The summed E-state index contributed by atoms with van der Waals surface area (Å²) in [6, 6.07) is 6.61. The quantitative estimate of drug-likeness (QED) is 0.637. The van der Waals surface area contributed by atoms with Gasteiger partial charge in [0.05, 0.1) is 0 Å². The van der Waals surface area contributed by atoms with Crippen LogP contribution >= 0.6 is 0 Å². The van der Waals surface area contributed by atoms with Gasteiger partial charge in [0, 0.05) is 18.8 Å². The maximum absolute atomic E-state index is 11.1. The first-order chi connectivity index (χ1) is 7.22. The van der Waals surface area contributed by atoms with Crippen LogP contribution in [-0.2, 0) is 4.79 Å². The van der Waals surface area contributed by atoms with Gasteiger partial charge < -0.3 is 14.4 Å². The largest absolute Gasteiger partial charge is 0.454 e. The van der Waals surface area contributed by atoms with E-state index in [9.17, 15) is 4.79 Å². The summed E-state index contributed by atoms with van der Waals surface area (Å²) in [5.74, 6) is 0.621. The first-order valence-electron chi connectivity index (χ1n) is 4.30. The monoisotopic (exact) mass is 204 g/mol. The molecule has 5 heteroatoms. The summed E-state index contributed by atoms with van der Waals surface area (Å²) >= 11 is 0. The van der Waals surface area contributed by atoms with Gasteiger partial charge in [-0.05, 0) is 12.1 Å². The zero-order chi connectivity index (χ0) is 10.8. The molecular formula is C10H8N2O3. The fraction of sp³-hybridized carbons (Fsp3) is 0.200. The highest BCUT2D eigenvalue weighted by atomic mass is 16.7. The smallest absolute Gasteiger partial charge is 0.329 e. The van der Waals surface area contributed by atoms with Crippen molar-refractivity contribution in [3.05, 3.63) is 18.2 Å². The van der Waals surface area contributed by atoms with E-state index in [0.717, 1.165) is 0 Å². The fourth-order valence-corrected chi connectivity index (χ4v) is 1.29. The third-order valence-electron chi connectivity index (χ3n) is 2.14. The molecule has 5 nitrogen and oxygen atoms in total. The molecule has 15 heavy (non-hydrogen) atoms. The molecule has 1 aliphatic rings. The number of hydrogen-bond donors (Lipinski definition) is 0. The zero-order valence-corrected chi connectivity index (χ0v) is 8.06. The summed E-state index contributed by atoms with van der Waals surface area (Å²) in [7, 11) is 1.53. The lowest BCUT2D eigenvalue weighted by atomic mass is 10.2. The molecule has 0 N–H and O–H groups in total. The molecule has 0 saturated carbocycles. The average Bonchev–Trinajstić information content (AvgIpc) is 2.73. The van der Waals surface area contributed by atoms with Gasteiger partial charge in [0.25, 0.3) is 0 Å². The van der Waals surface area contributed by atoms with Crippen LogP contribution in [0.3, 0.4) is 0 Å². The molecule has 0 atom stereocenters. The summed E-state index contributed by atoms with van der Waals surface area (Å²) in [6.45, 7) is 0.189. The van der Waals surface area contributed by atoms with Crippen LogP contribution in [0.25, 0.3) is 0 Å². The van der Waals surface area contributed by atoms with E-state index in [1.54, 1.807) is 24.3 Å². The van der Waals surface area contributed by atoms with Crippen molar-refractivity contribution in [3.63, 3.8) is 0 Å². The molecule has 1 heterocycles. The number of fused-ring (bicyclic) bond motifs is 1. The number of benzene rings is 1. The van der Waals surface area contributed by atoms with E-state index >= 15 is 0 Å². The van der Waals surface area contributed by atoms with Crippen molar-refractivity contribution < 1.29 is 14.3 Å². The fourth-order valence-electron chi connectivity index (χ4n) is 1.29. The topological polar surface area (TPSA) is 62.6 Å². The molecule has 1 amide bonds. The van der Waals surface area contributed by atoms with Crippen LogP contribution in [0.2, 0.25) is 0 Å². The molecule has 0 aromatic heterocycles. The Balaban J connectivity index is 2.31. The number of amides is 1. The SMILES string of the molecule is CN(C(=O)C#N)c1ccc2c(c1)OCO2. The van der Waals surface area contributed by atoms with Crippen molar-refractivity contribution in [2.24, 2.45) is 0 Å². The Bertz CT molecular complexity index is 450. The third-order valence-corrected chi connectivity index (χ3v) is 2.14. The highest BCUT2D eigenvalue weighted by Crippen LogP contribution is 2.35. The Morgan fingerprint density at radius 3 is 2.93 bits per heavy atom. The Morgan fingerprint density at radius 1 is 1.47 bits per heavy atom. The van der Waals surface area contributed by atoms with Crippen LogP contribution in [0, 0.1) is 11.3 Å². The molecule has 0 unspecified atom stereocenters. The Morgan fingerprint density at radius 2 is 2.20 bits per heavy atom. The lowest BCUT2D eigenvalue weighted by Gasteiger charge is -2.13. The maximum Gasteiger partial charge on any atom is 0.329 e. The van der Waals surface area contributed by atoms with Crippen LogP contribution in [0.4, 0.5) is 5.69 Å². The van der Waals surface area contributed by atoms with Crippen LogP contribution in [0.1, 0.15) is 0 Å². The van der Waals surface area contributed by atoms with Gasteiger partial charge in [-0.25, -0.2) is 0 Å². The number of nitrogens with zero attached hydrogens (tertiary/aromatic N) is 2. The van der Waals surface area contributed by atoms with E-state index in [1.165, 1.54) is 11.9 Å². The lowest BCUT2D eigenvalue weighted by molar-refractivity contribution is -0.113. The van der Waals surface area contributed by atoms with Gasteiger partial charge in [0.2, 0.25) is 6.79 Å². The molecule has 0 saturated heterocycles. The summed E-state index contributed by atoms with van der Waals surface area (Å²) in [4.78, 5) is 12.4. The van der Waals surface area contributed by atoms with E-state index in [1.807, 2.05) is 0 Å². The third kappa shape index (κ3) is 1.57. The second-order valence-electron chi connectivity index (χ2n) is 3.01. The van der Waals surface area contributed by atoms with E-state index in [4.69, 9.17) is 14.7 Å². The van der Waals surface area contributed by atoms with Crippen LogP contribution in [0.5, 0.6) is 11.5 Å². The minimum atomic E-state index is -0.617. The van der Waals surface area contributed by atoms with Gasteiger partial charge >= 0.3 is 5.91 Å². The highest BCUT2D eigenvalue weighted by molar-refractivity contribution is 6.04. The predicted molar refractivity (Wildman–Crippen MR) is 51.6 cm³/mol. The van der Waals surface area contributed by atoms with Crippen LogP contribution in [0.15, 0.2) is 18.2 Å². The lowest BCUT2D eigenvalue weighted by Crippen LogP contribution is -2.24. The Labute approximate surface area is 86.4 Å². The minimum absolute atomic E-state index is 0.189. The molecule has 0 radical (unpaired) electrons. The number of hydrogen-bond acceptors (Lipinski definition) is 4. The number of carbonyl (C=O) groups is 1. The van der Waals surface area contributed by atoms with Gasteiger partial charge in [-0.15, -0.1) is 0 Å². The van der Waals surface area contributed by atoms with E-state index < -0.39 is 5.91 Å². The molecule has 1 aliphatic heterocycles. The summed E-state index contributed by atoms with van der Waals surface area (Å²) in [5.41, 5.74) is 0.603. The van der Waals surface area contributed by atoms with E-state index in [2.05, 4.69) is 0 Å². The first-order valence-corrected chi connectivity index (χ1v) is 4.30. The summed E-state index contributed by atoms with van der Waals surface area (Å²) in [5, 5.41) is 8.46. The van der Waals surface area contributed by atoms with Gasteiger partial charge in [-0.1, -0.05) is 0 Å². The zero-order valence-electron chi connectivity index (χ0n) is 8.06. The predicted octanol–water partition coefficient (Wildman–Crippen LogP) is 0.902. The van der Waals surface area contributed by atoms with Crippen molar-refractivity contribution in [3.8, 4) is 17.6 Å². The molecule has 76 valence electrons. The molecule has 0 aliphatic carbocycles. The van der Waals surface area contributed by atoms with Crippen LogP contribution < -0.4 is 14.4 Å². The molecule has 1 aromatic rings. The Kier molecular flexibility index (Phi) is 2.18. The minimum Gasteiger partial charge on any atom is -0.454 e. The maximum atomic E-state index is 11.1. The summed E-state index contributed by atoms with van der Waals surface area (Å²) < 4.78 is 10.3. The van der Waals surface area contributed by atoms with Crippen molar-refractivity contribution in [2.45, 2.75) is 0 Å². The molecule has 0 spiro atoms. The standard InChI is InChI=1S/C10H8N2O3/c1-12(10(13)5-11)7-2-3-8-9(4-7)15-6-14-8/h2-4H,6H2,1H3. The van der Waals surface area contributed by atoms with Crippen molar-refractivity contribution in [2.75, 3.05) is 18.7 Å². The number of carbonyl (C=O) groups excluding carboxylic acids is 1. The van der Waals surface area contributed by atoms with Crippen molar-refractivity contribution >= 4 is 11.6 Å². The Hall–Kier alpha value is -2.22. The number of nitriles is 1. The van der Waals surface area contributed by atoms with Crippen molar-refractivity contribution in [1.82, 2.24) is 0 Å². The van der Waals surface area contributed by atoms with Crippen molar-refractivity contribution in [1.29, 1.82) is 5.26 Å². The normalized spacial score (nSPS) is 12.0. The molecule has 0 bridgehead atoms. The number of ether oxygens (including phenoxy) is 2. The van der Waals surface area contributed by atoms with Gasteiger partial charge in [0.1, 0.15) is 0 Å². The van der Waals surface area contributed by atoms with Gasteiger partial charge in [-0.2, -0.15) is 5.26 Å². The van der Waals surface area contributed by atoms with E-state index in [-0.39, 0.29) is 6.79 Å². The number of rotatable bonds is 1. The second kappa shape index (κ2) is 3.50. The molecule has 2 rings (SSSR count). The number of anilines is 1. The van der Waals surface area contributed by atoms with Gasteiger partial charge in [0.15, 0.2) is 17.6 Å².